The van der Waals surface area contributed by atoms with Crippen LogP contribution in [0.1, 0.15) is 58.8 Å². The number of hydrogen-bond acceptors (Lipinski definition) is 2. The van der Waals surface area contributed by atoms with Gasteiger partial charge in [0.15, 0.2) is 0 Å². The van der Waals surface area contributed by atoms with E-state index in [0.29, 0.717) is 11.5 Å². The number of hydrogen-bond donors (Lipinski definition) is 1. The summed E-state index contributed by atoms with van der Waals surface area (Å²) in [4.78, 5) is 0. The van der Waals surface area contributed by atoms with Crippen molar-refractivity contribution in [3.05, 3.63) is 0 Å². The minimum Gasteiger partial charge on any atom is -0.378 e. The van der Waals surface area contributed by atoms with Crippen molar-refractivity contribution < 1.29 is 4.74 Å². The minimum atomic E-state index is 0.349. The molecular weight excluding hydrogens is 204 g/mol. The van der Waals surface area contributed by atoms with Gasteiger partial charge in [0, 0.05) is 5.41 Å². The summed E-state index contributed by atoms with van der Waals surface area (Å²) in [5.41, 5.74) is 0.349. The van der Waals surface area contributed by atoms with Gasteiger partial charge in [0.05, 0.1) is 12.7 Å². The van der Waals surface area contributed by atoms with Gasteiger partial charge < -0.3 is 4.74 Å². The van der Waals surface area contributed by atoms with Gasteiger partial charge >= 0.3 is 0 Å². The minimum absolute atomic E-state index is 0.349. The molecule has 1 aliphatic carbocycles. The summed E-state index contributed by atoms with van der Waals surface area (Å²) in [7, 11) is 0. The number of ether oxygens (including phenoxy) is 1. The van der Waals surface area contributed by atoms with Gasteiger partial charge in [-0.3, -0.25) is 0 Å². The average Bonchev–Trinajstić information content (AvgIpc) is 2.16. The molecule has 0 bridgehead atoms. The maximum atomic E-state index is 5.99. The molecule has 0 aromatic rings. The van der Waals surface area contributed by atoms with E-state index in [1.807, 2.05) is 0 Å². The molecule has 1 aliphatic rings. The predicted molar refractivity (Wildman–Crippen MR) is 69.7 cm³/mol. The van der Waals surface area contributed by atoms with Crippen LogP contribution in [0.25, 0.3) is 0 Å². The molecule has 0 amide bonds. The van der Waals surface area contributed by atoms with Gasteiger partial charge in [0.25, 0.3) is 0 Å². The fourth-order valence-corrected chi connectivity index (χ4v) is 2.77. The van der Waals surface area contributed by atoms with Crippen LogP contribution in [0.15, 0.2) is 0 Å². The zero-order valence-corrected chi connectivity index (χ0v) is 11.2. The third kappa shape index (κ3) is 3.99. The van der Waals surface area contributed by atoms with Crippen molar-refractivity contribution in [3.8, 4) is 0 Å². The highest BCUT2D eigenvalue weighted by atomic mass is 32.1. The molecule has 0 aromatic carbocycles. The molecule has 90 valence electrons. The molecule has 15 heavy (non-hydrogen) atoms. The summed E-state index contributed by atoms with van der Waals surface area (Å²) < 4.78 is 5.99. The van der Waals surface area contributed by atoms with Crippen molar-refractivity contribution in [2.45, 2.75) is 64.9 Å². The van der Waals surface area contributed by atoms with E-state index >= 15 is 0 Å². The summed E-state index contributed by atoms with van der Waals surface area (Å²) in [6.45, 7) is 5.46. The molecule has 0 aromatic heterocycles. The van der Waals surface area contributed by atoms with Crippen LogP contribution in [0.5, 0.6) is 0 Å². The molecular formula is C13H26OS. The zero-order valence-electron chi connectivity index (χ0n) is 10.3. The smallest absolute Gasteiger partial charge is 0.0575 e. The van der Waals surface area contributed by atoms with Crippen LogP contribution in [0.2, 0.25) is 0 Å². The van der Waals surface area contributed by atoms with Crippen molar-refractivity contribution in [1.82, 2.24) is 0 Å². The van der Waals surface area contributed by atoms with E-state index in [-0.39, 0.29) is 0 Å². The molecule has 1 saturated carbocycles. The first-order chi connectivity index (χ1) is 7.26. The highest BCUT2D eigenvalue weighted by Crippen LogP contribution is 2.34. The molecule has 1 nitrogen and oxygen atoms in total. The van der Waals surface area contributed by atoms with Crippen molar-refractivity contribution in [1.29, 1.82) is 0 Å². The van der Waals surface area contributed by atoms with E-state index in [9.17, 15) is 0 Å². The molecule has 2 heteroatoms. The van der Waals surface area contributed by atoms with Crippen LogP contribution >= 0.6 is 12.6 Å². The normalized spacial score (nSPS) is 17.8. The Morgan fingerprint density at radius 1 is 1.20 bits per heavy atom. The van der Waals surface area contributed by atoms with Crippen molar-refractivity contribution >= 4 is 12.6 Å². The first-order valence-corrected chi connectivity index (χ1v) is 7.12. The Balaban J connectivity index is 2.37. The van der Waals surface area contributed by atoms with Crippen LogP contribution < -0.4 is 0 Å². The van der Waals surface area contributed by atoms with E-state index in [4.69, 9.17) is 4.74 Å². The van der Waals surface area contributed by atoms with Crippen molar-refractivity contribution in [2.24, 2.45) is 5.41 Å². The van der Waals surface area contributed by atoms with Crippen molar-refractivity contribution in [2.75, 3.05) is 12.4 Å². The van der Waals surface area contributed by atoms with E-state index in [1.165, 1.54) is 44.9 Å². The Bertz CT molecular complexity index is 160. The summed E-state index contributed by atoms with van der Waals surface area (Å²) in [6.07, 6.45) is 9.50. The molecule has 0 radical (unpaired) electrons. The van der Waals surface area contributed by atoms with Gasteiger partial charge in [-0.2, -0.15) is 12.6 Å². The monoisotopic (exact) mass is 230 g/mol. The second-order valence-corrected chi connectivity index (χ2v) is 5.34. The summed E-state index contributed by atoms with van der Waals surface area (Å²) >= 11 is 4.54. The topological polar surface area (TPSA) is 9.23 Å². The summed E-state index contributed by atoms with van der Waals surface area (Å²) in [5.74, 6) is 0.974. The molecule has 0 saturated heterocycles. The largest absolute Gasteiger partial charge is 0.378 e. The van der Waals surface area contributed by atoms with Crippen LogP contribution in [0.4, 0.5) is 0 Å². The van der Waals surface area contributed by atoms with Crippen LogP contribution in [-0.2, 0) is 4.74 Å². The molecule has 0 spiro atoms. The molecule has 1 rings (SSSR count). The lowest BCUT2D eigenvalue weighted by Crippen LogP contribution is -2.33. The van der Waals surface area contributed by atoms with Gasteiger partial charge in [-0.15, -0.1) is 0 Å². The quantitative estimate of drug-likeness (QED) is 0.618. The number of rotatable bonds is 8. The molecule has 0 atom stereocenters. The maximum absolute atomic E-state index is 5.99. The second-order valence-electron chi connectivity index (χ2n) is 5.02. The Kier molecular flexibility index (Phi) is 6.06. The second kappa shape index (κ2) is 6.80. The van der Waals surface area contributed by atoms with Gasteiger partial charge in [-0.05, 0) is 37.9 Å². The Morgan fingerprint density at radius 3 is 2.13 bits per heavy atom. The predicted octanol–water partition coefficient (Wildman–Crippen LogP) is 4.07. The Hall–Kier alpha value is 0.310. The third-order valence-electron chi connectivity index (χ3n) is 3.57. The third-order valence-corrected chi connectivity index (χ3v) is 4.24. The lowest BCUT2D eigenvalue weighted by Gasteiger charge is -2.35. The van der Waals surface area contributed by atoms with Gasteiger partial charge in [0.2, 0.25) is 0 Å². The lowest BCUT2D eigenvalue weighted by molar-refractivity contribution is -0.0436. The van der Waals surface area contributed by atoms with E-state index < -0.39 is 0 Å². The van der Waals surface area contributed by atoms with E-state index in [0.717, 1.165) is 12.4 Å². The SMILES string of the molecule is CCCC(CS)(CCC)COC1CCC1. The maximum Gasteiger partial charge on any atom is 0.0575 e. The molecule has 0 aliphatic heterocycles. The van der Waals surface area contributed by atoms with Crippen molar-refractivity contribution in [3.63, 3.8) is 0 Å². The fourth-order valence-electron chi connectivity index (χ4n) is 2.37. The highest BCUT2D eigenvalue weighted by Gasteiger charge is 2.29. The summed E-state index contributed by atoms with van der Waals surface area (Å²) in [5, 5.41) is 0. The fraction of sp³-hybridized carbons (Fsp3) is 1.00. The first kappa shape index (κ1) is 13.4. The van der Waals surface area contributed by atoms with Gasteiger partial charge in [0.1, 0.15) is 0 Å². The van der Waals surface area contributed by atoms with E-state index in [1.54, 1.807) is 0 Å². The Morgan fingerprint density at radius 2 is 1.80 bits per heavy atom. The number of thiol groups is 1. The molecule has 0 N–H and O–H groups in total. The average molecular weight is 230 g/mol. The standard InChI is InChI=1S/C13H26OS/c1-3-8-13(11-15,9-4-2)10-14-12-6-5-7-12/h12,15H,3-11H2,1-2H3. The van der Waals surface area contributed by atoms with Crippen LogP contribution in [0, 0.1) is 5.41 Å². The molecule has 0 heterocycles. The first-order valence-electron chi connectivity index (χ1n) is 6.49. The zero-order chi connectivity index (χ0) is 11.1. The highest BCUT2D eigenvalue weighted by molar-refractivity contribution is 7.80. The van der Waals surface area contributed by atoms with Gasteiger partial charge in [-0.25, -0.2) is 0 Å². The summed E-state index contributed by atoms with van der Waals surface area (Å²) in [6, 6.07) is 0. The van der Waals surface area contributed by atoms with E-state index in [2.05, 4.69) is 26.5 Å². The molecule has 1 fully saturated rings. The van der Waals surface area contributed by atoms with Crippen LogP contribution in [-0.4, -0.2) is 18.5 Å². The van der Waals surface area contributed by atoms with Gasteiger partial charge in [-0.1, -0.05) is 26.7 Å². The Labute approximate surface area is 100 Å². The van der Waals surface area contributed by atoms with Crippen LogP contribution in [0.3, 0.4) is 0 Å². The molecule has 0 unspecified atom stereocenters. The lowest BCUT2D eigenvalue weighted by atomic mass is 9.81.